The Labute approximate surface area is 138 Å². The highest BCUT2D eigenvalue weighted by atomic mass is 35.5. The van der Waals surface area contributed by atoms with Crippen LogP contribution in [0, 0.1) is 6.92 Å². The Morgan fingerprint density at radius 1 is 1.45 bits per heavy atom. The summed E-state index contributed by atoms with van der Waals surface area (Å²) in [4.78, 5) is 18.3. The van der Waals surface area contributed by atoms with E-state index >= 15 is 0 Å². The standard InChI is InChI=1S/C15H18ClN3O2S/c1-11-13(3-4-14(16)17-11)18-15(20)19(6-7-21-2)9-12-5-8-22-10-12/h3-5,8,10H,6-7,9H2,1-2H3,(H,18,20). The van der Waals surface area contributed by atoms with E-state index in [1.165, 1.54) is 0 Å². The summed E-state index contributed by atoms with van der Waals surface area (Å²) in [5, 5.41) is 7.30. The molecule has 2 heterocycles. The topological polar surface area (TPSA) is 54.5 Å². The van der Waals surface area contributed by atoms with E-state index in [4.69, 9.17) is 16.3 Å². The number of carbonyl (C=O) groups excluding carboxylic acids is 1. The molecule has 0 fully saturated rings. The van der Waals surface area contributed by atoms with Crippen molar-refractivity contribution in [3.63, 3.8) is 0 Å². The molecule has 1 N–H and O–H groups in total. The second-order valence-electron chi connectivity index (χ2n) is 4.74. The second kappa shape index (κ2) is 8.12. The Balaban J connectivity index is 2.07. The average molecular weight is 340 g/mol. The van der Waals surface area contributed by atoms with Gasteiger partial charge in [0.2, 0.25) is 0 Å². The van der Waals surface area contributed by atoms with E-state index < -0.39 is 0 Å². The Kier molecular flexibility index (Phi) is 6.18. The molecule has 2 aromatic heterocycles. The van der Waals surface area contributed by atoms with Crippen LogP contribution in [0.4, 0.5) is 10.5 Å². The molecular formula is C15H18ClN3O2S. The summed E-state index contributed by atoms with van der Waals surface area (Å²) in [6.07, 6.45) is 0. The third kappa shape index (κ3) is 4.69. The number of urea groups is 1. The molecule has 0 aliphatic carbocycles. The summed E-state index contributed by atoms with van der Waals surface area (Å²) < 4.78 is 5.08. The fourth-order valence-corrected chi connectivity index (χ4v) is 2.76. The van der Waals surface area contributed by atoms with Crippen molar-refractivity contribution < 1.29 is 9.53 Å². The van der Waals surface area contributed by atoms with Crippen LogP contribution in [0.3, 0.4) is 0 Å². The number of nitrogens with zero attached hydrogens (tertiary/aromatic N) is 2. The van der Waals surface area contributed by atoms with Crippen LogP contribution in [0.1, 0.15) is 11.3 Å². The van der Waals surface area contributed by atoms with Crippen LogP contribution >= 0.6 is 22.9 Å². The number of pyridine rings is 1. The van der Waals surface area contributed by atoms with Crippen molar-refractivity contribution in [2.75, 3.05) is 25.6 Å². The number of carbonyl (C=O) groups is 1. The molecule has 0 aliphatic heterocycles. The van der Waals surface area contributed by atoms with Gasteiger partial charge in [-0.25, -0.2) is 9.78 Å². The van der Waals surface area contributed by atoms with Crippen LogP contribution < -0.4 is 5.32 Å². The fourth-order valence-electron chi connectivity index (χ4n) is 1.91. The summed E-state index contributed by atoms with van der Waals surface area (Å²) in [6, 6.07) is 5.23. The van der Waals surface area contributed by atoms with Gasteiger partial charge in [0.05, 0.1) is 18.0 Å². The number of thiophene rings is 1. The van der Waals surface area contributed by atoms with E-state index in [-0.39, 0.29) is 6.03 Å². The number of amides is 2. The van der Waals surface area contributed by atoms with Gasteiger partial charge in [-0.3, -0.25) is 0 Å². The lowest BCUT2D eigenvalue weighted by molar-refractivity contribution is 0.153. The van der Waals surface area contributed by atoms with Gasteiger partial charge in [-0.1, -0.05) is 11.6 Å². The molecule has 0 radical (unpaired) electrons. The molecule has 118 valence electrons. The monoisotopic (exact) mass is 339 g/mol. The third-order valence-electron chi connectivity index (χ3n) is 3.10. The molecule has 7 heteroatoms. The van der Waals surface area contributed by atoms with Crippen molar-refractivity contribution in [1.29, 1.82) is 0 Å². The fraction of sp³-hybridized carbons (Fsp3) is 0.333. The van der Waals surface area contributed by atoms with Gasteiger partial charge in [0.15, 0.2) is 0 Å². The van der Waals surface area contributed by atoms with Crippen molar-refractivity contribution in [2.24, 2.45) is 0 Å². The molecule has 0 aliphatic rings. The zero-order valence-electron chi connectivity index (χ0n) is 12.5. The smallest absolute Gasteiger partial charge is 0.322 e. The molecule has 22 heavy (non-hydrogen) atoms. The number of hydrogen-bond donors (Lipinski definition) is 1. The van der Waals surface area contributed by atoms with E-state index in [1.807, 2.05) is 16.8 Å². The molecule has 2 rings (SSSR count). The minimum Gasteiger partial charge on any atom is -0.383 e. The van der Waals surface area contributed by atoms with Crippen molar-refractivity contribution >= 4 is 34.7 Å². The van der Waals surface area contributed by atoms with E-state index in [2.05, 4.69) is 10.3 Å². The van der Waals surface area contributed by atoms with E-state index in [0.29, 0.717) is 36.2 Å². The molecule has 2 aromatic rings. The van der Waals surface area contributed by atoms with E-state index in [1.54, 1.807) is 42.4 Å². The summed E-state index contributed by atoms with van der Waals surface area (Å²) >= 11 is 7.44. The minimum absolute atomic E-state index is 0.185. The quantitative estimate of drug-likeness (QED) is 0.815. The maximum atomic E-state index is 12.5. The molecule has 2 amide bonds. The predicted molar refractivity (Wildman–Crippen MR) is 89.6 cm³/mol. The number of methoxy groups -OCH3 is 1. The molecule has 0 aromatic carbocycles. The van der Waals surface area contributed by atoms with Crippen molar-refractivity contribution in [3.05, 3.63) is 45.4 Å². The van der Waals surface area contributed by atoms with Crippen LogP contribution in [0.15, 0.2) is 29.0 Å². The predicted octanol–water partition coefficient (Wildman–Crippen LogP) is 3.79. The number of anilines is 1. The van der Waals surface area contributed by atoms with Crippen LogP contribution in [0.2, 0.25) is 5.15 Å². The molecule has 5 nitrogen and oxygen atoms in total. The number of rotatable bonds is 6. The lowest BCUT2D eigenvalue weighted by atomic mass is 10.3. The first-order valence-electron chi connectivity index (χ1n) is 6.79. The van der Waals surface area contributed by atoms with Gasteiger partial charge in [-0.2, -0.15) is 11.3 Å². The maximum Gasteiger partial charge on any atom is 0.322 e. The molecule has 0 saturated heterocycles. The molecule has 0 atom stereocenters. The number of hydrogen-bond acceptors (Lipinski definition) is 4. The number of ether oxygens (including phenoxy) is 1. The Hall–Kier alpha value is -1.63. The van der Waals surface area contributed by atoms with Gasteiger partial charge in [-0.05, 0) is 41.4 Å². The number of aromatic nitrogens is 1. The number of halogens is 1. The van der Waals surface area contributed by atoms with Crippen molar-refractivity contribution in [1.82, 2.24) is 9.88 Å². The number of aryl methyl sites for hydroxylation is 1. The minimum atomic E-state index is -0.185. The number of nitrogens with one attached hydrogen (secondary N) is 1. The normalized spacial score (nSPS) is 10.5. The van der Waals surface area contributed by atoms with Gasteiger partial charge in [0.25, 0.3) is 0 Å². The molecule has 0 saturated carbocycles. The summed E-state index contributed by atoms with van der Waals surface area (Å²) in [6.45, 7) is 3.34. The largest absolute Gasteiger partial charge is 0.383 e. The molecule has 0 unspecified atom stereocenters. The van der Waals surface area contributed by atoms with Gasteiger partial charge in [-0.15, -0.1) is 0 Å². The Morgan fingerprint density at radius 3 is 2.91 bits per heavy atom. The van der Waals surface area contributed by atoms with E-state index in [9.17, 15) is 4.79 Å². The zero-order chi connectivity index (χ0) is 15.9. The average Bonchev–Trinajstić information content (AvgIpc) is 2.99. The lowest BCUT2D eigenvalue weighted by Gasteiger charge is -2.22. The first-order valence-corrected chi connectivity index (χ1v) is 8.11. The second-order valence-corrected chi connectivity index (χ2v) is 5.91. The highest BCUT2D eigenvalue weighted by Gasteiger charge is 2.15. The summed E-state index contributed by atoms with van der Waals surface area (Å²) in [5.74, 6) is 0. The van der Waals surface area contributed by atoms with E-state index in [0.717, 1.165) is 5.56 Å². The highest BCUT2D eigenvalue weighted by Crippen LogP contribution is 2.17. The summed E-state index contributed by atoms with van der Waals surface area (Å²) in [7, 11) is 1.62. The Morgan fingerprint density at radius 2 is 2.27 bits per heavy atom. The van der Waals surface area contributed by atoms with Gasteiger partial charge in [0.1, 0.15) is 5.15 Å². The van der Waals surface area contributed by atoms with Crippen LogP contribution in [-0.2, 0) is 11.3 Å². The first-order chi connectivity index (χ1) is 10.6. The lowest BCUT2D eigenvalue weighted by Crippen LogP contribution is -2.37. The van der Waals surface area contributed by atoms with Gasteiger partial charge in [0, 0.05) is 20.2 Å². The SMILES string of the molecule is COCCN(Cc1ccsc1)C(=O)Nc1ccc(Cl)nc1C. The van der Waals surface area contributed by atoms with Gasteiger partial charge >= 0.3 is 6.03 Å². The van der Waals surface area contributed by atoms with Gasteiger partial charge < -0.3 is 15.0 Å². The van der Waals surface area contributed by atoms with Crippen molar-refractivity contribution in [3.8, 4) is 0 Å². The Bertz CT molecular complexity index is 619. The molecular weight excluding hydrogens is 322 g/mol. The third-order valence-corrected chi connectivity index (χ3v) is 4.04. The zero-order valence-corrected chi connectivity index (χ0v) is 14.1. The first kappa shape index (κ1) is 16.7. The maximum absolute atomic E-state index is 12.5. The summed E-state index contributed by atoms with van der Waals surface area (Å²) in [5.41, 5.74) is 2.44. The van der Waals surface area contributed by atoms with Crippen LogP contribution in [0.25, 0.3) is 0 Å². The highest BCUT2D eigenvalue weighted by molar-refractivity contribution is 7.07. The van der Waals surface area contributed by atoms with Crippen LogP contribution in [0.5, 0.6) is 0 Å². The molecule has 0 bridgehead atoms. The van der Waals surface area contributed by atoms with Crippen molar-refractivity contribution in [2.45, 2.75) is 13.5 Å². The van der Waals surface area contributed by atoms with Crippen LogP contribution in [-0.4, -0.2) is 36.2 Å². The molecule has 0 spiro atoms.